The van der Waals surface area contributed by atoms with Gasteiger partial charge >= 0.3 is 0 Å². The minimum Gasteiger partial charge on any atom is -0.319 e. The van der Waals surface area contributed by atoms with Gasteiger partial charge in [0.05, 0.1) is 0 Å². The second-order valence-electron chi connectivity index (χ2n) is 5.33. The van der Waals surface area contributed by atoms with E-state index in [1.165, 1.54) is 12.0 Å². The Morgan fingerprint density at radius 1 is 1.29 bits per heavy atom. The van der Waals surface area contributed by atoms with E-state index in [0.29, 0.717) is 11.8 Å². The molecular weight excluding hydrogens is 213 g/mol. The summed E-state index contributed by atoms with van der Waals surface area (Å²) in [7, 11) is 1.99. The molecule has 1 rings (SSSR count). The van der Waals surface area contributed by atoms with Crippen molar-refractivity contribution in [2.24, 2.45) is 11.8 Å². The van der Waals surface area contributed by atoms with Crippen LogP contribution in [-0.4, -0.2) is 13.6 Å². The van der Waals surface area contributed by atoms with Gasteiger partial charge in [0.1, 0.15) is 5.82 Å². The lowest BCUT2D eigenvalue weighted by molar-refractivity contribution is 0.394. The van der Waals surface area contributed by atoms with Gasteiger partial charge in [0.15, 0.2) is 0 Å². The van der Waals surface area contributed by atoms with Crippen LogP contribution in [0, 0.1) is 24.6 Å². The van der Waals surface area contributed by atoms with E-state index in [-0.39, 0.29) is 5.82 Å². The van der Waals surface area contributed by atoms with Gasteiger partial charge in [0.2, 0.25) is 0 Å². The highest BCUT2D eigenvalue weighted by molar-refractivity contribution is 5.27. The van der Waals surface area contributed by atoms with Crippen LogP contribution in [0.25, 0.3) is 0 Å². The zero-order chi connectivity index (χ0) is 12.8. The first-order chi connectivity index (χ1) is 8.02. The largest absolute Gasteiger partial charge is 0.319 e. The average molecular weight is 237 g/mol. The SMILES string of the molecule is CNCC(Cc1ccc(F)cc1C)CC(C)C. The highest BCUT2D eigenvalue weighted by Crippen LogP contribution is 2.19. The number of hydrogen-bond acceptors (Lipinski definition) is 1. The molecule has 0 spiro atoms. The summed E-state index contributed by atoms with van der Waals surface area (Å²) in [5.41, 5.74) is 2.34. The molecule has 17 heavy (non-hydrogen) atoms. The Morgan fingerprint density at radius 2 is 2.00 bits per heavy atom. The van der Waals surface area contributed by atoms with Crippen LogP contribution in [0.15, 0.2) is 18.2 Å². The van der Waals surface area contributed by atoms with Crippen molar-refractivity contribution in [2.45, 2.75) is 33.6 Å². The first kappa shape index (κ1) is 14.2. The van der Waals surface area contributed by atoms with Gasteiger partial charge in [-0.15, -0.1) is 0 Å². The van der Waals surface area contributed by atoms with Crippen molar-refractivity contribution in [2.75, 3.05) is 13.6 Å². The molecule has 0 aromatic heterocycles. The Morgan fingerprint density at radius 3 is 2.53 bits per heavy atom. The lowest BCUT2D eigenvalue weighted by Gasteiger charge is -2.19. The number of aryl methyl sites for hydroxylation is 1. The van der Waals surface area contributed by atoms with E-state index in [4.69, 9.17) is 0 Å². The molecule has 0 fully saturated rings. The summed E-state index contributed by atoms with van der Waals surface area (Å²) >= 11 is 0. The minimum absolute atomic E-state index is 0.139. The Kier molecular flexibility index (Phi) is 5.63. The van der Waals surface area contributed by atoms with E-state index in [2.05, 4.69) is 19.2 Å². The second kappa shape index (κ2) is 6.75. The van der Waals surface area contributed by atoms with Gasteiger partial charge in [-0.3, -0.25) is 0 Å². The molecule has 0 amide bonds. The maximum atomic E-state index is 13.0. The summed E-state index contributed by atoms with van der Waals surface area (Å²) in [5.74, 6) is 1.19. The van der Waals surface area contributed by atoms with E-state index in [9.17, 15) is 4.39 Å². The first-order valence-corrected chi connectivity index (χ1v) is 6.42. The quantitative estimate of drug-likeness (QED) is 0.797. The molecule has 0 saturated carbocycles. The fourth-order valence-electron chi connectivity index (χ4n) is 2.39. The predicted molar refractivity (Wildman–Crippen MR) is 71.7 cm³/mol. The van der Waals surface area contributed by atoms with Crippen molar-refractivity contribution in [3.63, 3.8) is 0 Å². The van der Waals surface area contributed by atoms with Crippen LogP contribution < -0.4 is 5.32 Å². The van der Waals surface area contributed by atoms with Gasteiger partial charge in [-0.25, -0.2) is 4.39 Å². The number of halogens is 1. The van der Waals surface area contributed by atoms with Crippen molar-refractivity contribution < 1.29 is 4.39 Å². The third-order valence-corrected chi connectivity index (χ3v) is 3.11. The molecular formula is C15H24FN. The van der Waals surface area contributed by atoms with Gasteiger partial charge in [0, 0.05) is 0 Å². The van der Waals surface area contributed by atoms with Crippen molar-refractivity contribution in [3.05, 3.63) is 35.1 Å². The minimum atomic E-state index is -0.139. The van der Waals surface area contributed by atoms with Crippen LogP contribution >= 0.6 is 0 Å². The Hall–Kier alpha value is -0.890. The van der Waals surface area contributed by atoms with Gasteiger partial charge < -0.3 is 5.32 Å². The smallest absolute Gasteiger partial charge is 0.123 e. The van der Waals surface area contributed by atoms with Crippen molar-refractivity contribution in [3.8, 4) is 0 Å². The maximum Gasteiger partial charge on any atom is 0.123 e. The fourth-order valence-corrected chi connectivity index (χ4v) is 2.39. The van der Waals surface area contributed by atoms with Crippen molar-refractivity contribution >= 4 is 0 Å². The van der Waals surface area contributed by atoms with E-state index in [0.717, 1.165) is 18.5 Å². The molecule has 0 aliphatic carbocycles. The Bertz CT molecular complexity index is 347. The van der Waals surface area contributed by atoms with Crippen molar-refractivity contribution in [1.29, 1.82) is 0 Å². The molecule has 0 radical (unpaired) electrons. The lowest BCUT2D eigenvalue weighted by atomic mass is 9.89. The molecule has 1 N–H and O–H groups in total. The monoisotopic (exact) mass is 237 g/mol. The fraction of sp³-hybridized carbons (Fsp3) is 0.600. The zero-order valence-electron chi connectivity index (χ0n) is 11.4. The molecule has 0 aliphatic rings. The van der Waals surface area contributed by atoms with Crippen LogP contribution in [0.1, 0.15) is 31.4 Å². The summed E-state index contributed by atoms with van der Waals surface area (Å²) in [4.78, 5) is 0. The van der Waals surface area contributed by atoms with Crippen LogP contribution in [0.2, 0.25) is 0 Å². The number of nitrogens with one attached hydrogen (secondary N) is 1. The molecule has 1 atom stereocenters. The van der Waals surface area contributed by atoms with Crippen LogP contribution in [-0.2, 0) is 6.42 Å². The summed E-state index contributed by atoms with van der Waals surface area (Å²) in [6.07, 6.45) is 2.24. The van der Waals surface area contributed by atoms with E-state index < -0.39 is 0 Å². The zero-order valence-corrected chi connectivity index (χ0v) is 11.4. The van der Waals surface area contributed by atoms with Crippen molar-refractivity contribution in [1.82, 2.24) is 5.32 Å². The summed E-state index contributed by atoms with van der Waals surface area (Å²) in [5, 5.41) is 3.25. The second-order valence-corrected chi connectivity index (χ2v) is 5.33. The number of rotatable bonds is 6. The molecule has 0 aliphatic heterocycles. The standard InChI is InChI=1S/C15H24FN/c1-11(2)7-13(10-17-4)9-14-5-6-15(16)8-12(14)3/h5-6,8,11,13,17H,7,9-10H2,1-4H3. The molecule has 0 heterocycles. The molecule has 1 aromatic rings. The molecule has 1 aromatic carbocycles. The van der Waals surface area contributed by atoms with Gasteiger partial charge in [0.25, 0.3) is 0 Å². The van der Waals surface area contributed by atoms with E-state index >= 15 is 0 Å². The van der Waals surface area contributed by atoms with Crippen LogP contribution in [0.4, 0.5) is 4.39 Å². The number of hydrogen-bond donors (Lipinski definition) is 1. The maximum absolute atomic E-state index is 13.0. The first-order valence-electron chi connectivity index (χ1n) is 6.42. The van der Waals surface area contributed by atoms with E-state index in [1.807, 2.05) is 20.0 Å². The van der Waals surface area contributed by atoms with E-state index in [1.54, 1.807) is 12.1 Å². The Balaban J connectivity index is 2.71. The average Bonchev–Trinajstić information content (AvgIpc) is 2.21. The molecule has 96 valence electrons. The van der Waals surface area contributed by atoms with Gasteiger partial charge in [-0.2, -0.15) is 0 Å². The summed E-state index contributed by atoms with van der Waals surface area (Å²) in [6, 6.07) is 5.11. The lowest BCUT2D eigenvalue weighted by Crippen LogP contribution is -2.22. The molecule has 1 unspecified atom stereocenters. The molecule has 0 saturated heterocycles. The van der Waals surface area contributed by atoms with Gasteiger partial charge in [-0.05, 0) is 68.5 Å². The number of benzene rings is 1. The normalized spacial score (nSPS) is 13.1. The molecule has 0 bridgehead atoms. The predicted octanol–water partition coefficient (Wildman–Crippen LogP) is 3.56. The Labute approximate surface area is 104 Å². The highest BCUT2D eigenvalue weighted by atomic mass is 19.1. The molecule has 1 nitrogen and oxygen atoms in total. The highest BCUT2D eigenvalue weighted by Gasteiger charge is 2.12. The topological polar surface area (TPSA) is 12.0 Å². The van der Waals surface area contributed by atoms with Crippen LogP contribution in [0.3, 0.4) is 0 Å². The molecule has 2 heteroatoms. The third kappa shape index (κ3) is 4.86. The summed E-state index contributed by atoms with van der Waals surface area (Å²) < 4.78 is 13.0. The third-order valence-electron chi connectivity index (χ3n) is 3.11. The van der Waals surface area contributed by atoms with Crippen LogP contribution in [0.5, 0.6) is 0 Å². The van der Waals surface area contributed by atoms with Gasteiger partial charge in [-0.1, -0.05) is 19.9 Å². The summed E-state index contributed by atoms with van der Waals surface area (Å²) in [6.45, 7) is 7.51.